The highest BCUT2D eigenvalue weighted by atomic mass is 79.9. The molecule has 0 spiro atoms. The van der Waals surface area contributed by atoms with Crippen LogP contribution in [0.1, 0.15) is 23.2 Å². The first-order chi connectivity index (χ1) is 10.6. The van der Waals surface area contributed by atoms with Crippen LogP contribution < -0.4 is 9.64 Å². The number of hydrogen-bond acceptors (Lipinski definition) is 4. The summed E-state index contributed by atoms with van der Waals surface area (Å²) >= 11 is 3.26. The van der Waals surface area contributed by atoms with Gasteiger partial charge in [0.05, 0.1) is 5.56 Å². The molecule has 1 saturated heterocycles. The van der Waals surface area contributed by atoms with Gasteiger partial charge in [-0.3, -0.25) is 9.78 Å². The zero-order valence-electron chi connectivity index (χ0n) is 11.7. The standard InChI is InChI=1S/C16H13BrN2O3/c17-12-8-11(9-18-10-12)16(21)22-14-5-3-13(4-6-14)19-7-1-2-15(19)20/h3-6,8-10H,1-2,7H2. The van der Waals surface area contributed by atoms with Crippen LogP contribution in [0.25, 0.3) is 0 Å². The Balaban J connectivity index is 1.71. The predicted octanol–water partition coefficient (Wildman–Crippen LogP) is 3.19. The third-order valence-electron chi connectivity index (χ3n) is 3.37. The second-order valence-electron chi connectivity index (χ2n) is 4.92. The summed E-state index contributed by atoms with van der Waals surface area (Å²) in [6.45, 7) is 0.738. The van der Waals surface area contributed by atoms with Crippen LogP contribution in [0.15, 0.2) is 47.2 Å². The molecule has 1 aliphatic heterocycles. The molecule has 0 radical (unpaired) electrons. The monoisotopic (exact) mass is 360 g/mol. The smallest absolute Gasteiger partial charge is 0.345 e. The Kier molecular flexibility index (Phi) is 4.20. The molecular weight excluding hydrogens is 348 g/mol. The summed E-state index contributed by atoms with van der Waals surface area (Å²) in [4.78, 5) is 29.4. The second kappa shape index (κ2) is 6.27. The summed E-state index contributed by atoms with van der Waals surface area (Å²) in [7, 11) is 0. The van der Waals surface area contributed by atoms with Crippen LogP contribution in [0.3, 0.4) is 0 Å². The van der Waals surface area contributed by atoms with Gasteiger partial charge < -0.3 is 9.64 Å². The summed E-state index contributed by atoms with van der Waals surface area (Å²) in [5.74, 6) is 0.0872. The molecule has 1 aliphatic rings. The Bertz CT molecular complexity index is 716. The van der Waals surface area contributed by atoms with Gasteiger partial charge in [0.2, 0.25) is 5.91 Å². The van der Waals surface area contributed by atoms with Gasteiger partial charge in [0, 0.05) is 35.5 Å². The van der Waals surface area contributed by atoms with Gasteiger partial charge in [-0.1, -0.05) is 0 Å². The van der Waals surface area contributed by atoms with E-state index < -0.39 is 5.97 Å². The third kappa shape index (κ3) is 3.17. The first-order valence-electron chi connectivity index (χ1n) is 6.86. The molecule has 1 aromatic heterocycles. The highest BCUT2D eigenvalue weighted by molar-refractivity contribution is 9.10. The van der Waals surface area contributed by atoms with Gasteiger partial charge in [-0.25, -0.2) is 4.79 Å². The van der Waals surface area contributed by atoms with Gasteiger partial charge >= 0.3 is 5.97 Å². The van der Waals surface area contributed by atoms with E-state index >= 15 is 0 Å². The van der Waals surface area contributed by atoms with Crippen LogP contribution >= 0.6 is 15.9 Å². The van der Waals surface area contributed by atoms with E-state index in [0.29, 0.717) is 22.2 Å². The minimum atomic E-state index is -0.473. The Morgan fingerprint density at radius 1 is 1.23 bits per heavy atom. The molecule has 112 valence electrons. The molecule has 3 rings (SSSR count). The van der Waals surface area contributed by atoms with E-state index in [0.717, 1.165) is 18.7 Å². The van der Waals surface area contributed by atoms with E-state index in [-0.39, 0.29) is 5.91 Å². The van der Waals surface area contributed by atoms with E-state index in [2.05, 4.69) is 20.9 Å². The molecule has 0 N–H and O–H groups in total. The number of halogens is 1. The van der Waals surface area contributed by atoms with Crippen molar-refractivity contribution in [3.05, 3.63) is 52.8 Å². The fraction of sp³-hybridized carbons (Fsp3) is 0.188. The number of nitrogens with zero attached hydrogens (tertiary/aromatic N) is 2. The lowest BCUT2D eigenvalue weighted by Crippen LogP contribution is -2.23. The van der Waals surface area contributed by atoms with E-state index in [1.807, 2.05) is 0 Å². The Morgan fingerprint density at radius 3 is 2.64 bits per heavy atom. The molecule has 0 unspecified atom stereocenters. The number of rotatable bonds is 3. The molecule has 2 heterocycles. The fourth-order valence-corrected chi connectivity index (χ4v) is 2.67. The predicted molar refractivity (Wildman–Crippen MR) is 84.9 cm³/mol. The maximum absolute atomic E-state index is 12.0. The molecule has 1 amide bonds. The summed E-state index contributed by atoms with van der Waals surface area (Å²) in [5.41, 5.74) is 1.19. The first kappa shape index (κ1) is 14.7. The summed E-state index contributed by atoms with van der Waals surface area (Å²) in [6.07, 6.45) is 4.51. The zero-order valence-corrected chi connectivity index (χ0v) is 13.2. The van der Waals surface area contributed by atoms with Crippen molar-refractivity contribution in [2.24, 2.45) is 0 Å². The van der Waals surface area contributed by atoms with Gasteiger partial charge in [-0.2, -0.15) is 0 Å². The largest absolute Gasteiger partial charge is 0.423 e. The molecule has 0 atom stereocenters. The van der Waals surface area contributed by atoms with Crippen LogP contribution in [-0.2, 0) is 4.79 Å². The quantitative estimate of drug-likeness (QED) is 0.622. The number of carbonyl (C=O) groups excluding carboxylic acids is 2. The maximum atomic E-state index is 12.0. The van der Waals surface area contributed by atoms with Crippen LogP contribution in [0.5, 0.6) is 5.75 Å². The highest BCUT2D eigenvalue weighted by Crippen LogP contribution is 2.24. The minimum absolute atomic E-state index is 0.130. The number of pyridine rings is 1. The molecule has 5 nitrogen and oxygen atoms in total. The van der Waals surface area contributed by atoms with Crippen LogP contribution in [0.2, 0.25) is 0 Å². The fourth-order valence-electron chi connectivity index (χ4n) is 2.30. The molecular formula is C16H13BrN2O3. The van der Waals surface area contributed by atoms with Crippen molar-refractivity contribution in [2.75, 3.05) is 11.4 Å². The van der Waals surface area contributed by atoms with Crippen molar-refractivity contribution in [1.82, 2.24) is 4.98 Å². The molecule has 6 heteroatoms. The summed E-state index contributed by atoms with van der Waals surface area (Å²) in [5, 5.41) is 0. The van der Waals surface area contributed by atoms with E-state index in [1.54, 1.807) is 41.4 Å². The number of amides is 1. The lowest BCUT2D eigenvalue weighted by Gasteiger charge is -2.15. The Labute approximate surface area is 136 Å². The normalized spacial score (nSPS) is 14.2. The van der Waals surface area contributed by atoms with Crippen molar-refractivity contribution in [2.45, 2.75) is 12.8 Å². The van der Waals surface area contributed by atoms with Crippen molar-refractivity contribution in [1.29, 1.82) is 0 Å². The number of hydrogen-bond donors (Lipinski definition) is 0. The lowest BCUT2D eigenvalue weighted by atomic mass is 10.2. The van der Waals surface area contributed by atoms with Crippen molar-refractivity contribution < 1.29 is 14.3 Å². The summed E-state index contributed by atoms with van der Waals surface area (Å²) < 4.78 is 6.01. The third-order valence-corrected chi connectivity index (χ3v) is 3.81. The Morgan fingerprint density at radius 2 is 2.00 bits per heavy atom. The van der Waals surface area contributed by atoms with Gasteiger partial charge in [0.1, 0.15) is 5.75 Å². The lowest BCUT2D eigenvalue weighted by molar-refractivity contribution is -0.117. The van der Waals surface area contributed by atoms with Crippen molar-refractivity contribution in [3.8, 4) is 5.75 Å². The van der Waals surface area contributed by atoms with Crippen LogP contribution in [0, 0.1) is 0 Å². The van der Waals surface area contributed by atoms with Gasteiger partial charge in [-0.15, -0.1) is 0 Å². The molecule has 2 aromatic rings. The van der Waals surface area contributed by atoms with Crippen LogP contribution in [-0.4, -0.2) is 23.4 Å². The van der Waals surface area contributed by atoms with Gasteiger partial charge in [0.15, 0.2) is 0 Å². The number of esters is 1. The molecule has 0 aliphatic carbocycles. The second-order valence-corrected chi connectivity index (χ2v) is 5.84. The zero-order chi connectivity index (χ0) is 15.5. The molecule has 22 heavy (non-hydrogen) atoms. The highest BCUT2D eigenvalue weighted by Gasteiger charge is 2.21. The number of carbonyl (C=O) groups is 2. The number of benzene rings is 1. The molecule has 1 fully saturated rings. The van der Waals surface area contributed by atoms with Crippen molar-refractivity contribution >= 4 is 33.5 Å². The SMILES string of the molecule is O=C(Oc1ccc(N2CCCC2=O)cc1)c1cncc(Br)c1. The first-order valence-corrected chi connectivity index (χ1v) is 7.66. The van der Waals surface area contributed by atoms with E-state index in [1.165, 1.54) is 6.20 Å². The molecule has 1 aromatic carbocycles. The van der Waals surface area contributed by atoms with E-state index in [9.17, 15) is 9.59 Å². The molecule has 0 bridgehead atoms. The van der Waals surface area contributed by atoms with Crippen molar-refractivity contribution in [3.63, 3.8) is 0 Å². The topological polar surface area (TPSA) is 59.5 Å². The van der Waals surface area contributed by atoms with E-state index in [4.69, 9.17) is 4.74 Å². The summed E-state index contributed by atoms with van der Waals surface area (Å²) in [6, 6.07) is 8.58. The van der Waals surface area contributed by atoms with Gasteiger partial charge in [0.25, 0.3) is 0 Å². The molecule has 0 saturated carbocycles. The average molecular weight is 361 g/mol. The average Bonchev–Trinajstić information content (AvgIpc) is 2.94. The number of ether oxygens (including phenoxy) is 1. The van der Waals surface area contributed by atoms with Gasteiger partial charge in [-0.05, 0) is 52.7 Å². The minimum Gasteiger partial charge on any atom is -0.423 e. The maximum Gasteiger partial charge on any atom is 0.345 e. The number of aromatic nitrogens is 1. The number of anilines is 1. The van der Waals surface area contributed by atoms with Crippen LogP contribution in [0.4, 0.5) is 5.69 Å². The Hall–Kier alpha value is -2.21.